The van der Waals surface area contributed by atoms with E-state index in [0.717, 1.165) is 42.7 Å². The molecule has 0 aliphatic carbocycles. The van der Waals surface area contributed by atoms with Gasteiger partial charge in [0.15, 0.2) is 11.6 Å². The van der Waals surface area contributed by atoms with E-state index in [-0.39, 0.29) is 17.7 Å². The second kappa shape index (κ2) is 10.4. The van der Waals surface area contributed by atoms with Gasteiger partial charge in [-0.25, -0.2) is 14.4 Å². The summed E-state index contributed by atoms with van der Waals surface area (Å²) in [6.45, 7) is 8.45. The second-order valence-corrected chi connectivity index (χ2v) is 9.77. The maximum atomic E-state index is 13.1. The Morgan fingerprint density at radius 1 is 1.09 bits per heavy atom. The van der Waals surface area contributed by atoms with Crippen LogP contribution in [0, 0.1) is 18.2 Å². The molecule has 1 aliphatic heterocycles. The van der Waals surface area contributed by atoms with Gasteiger partial charge in [-0.3, -0.25) is 9.78 Å². The lowest BCUT2D eigenvalue weighted by molar-refractivity contribution is -0.136. The Bertz CT molecular complexity index is 1170. The lowest BCUT2D eigenvalue weighted by Gasteiger charge is -2.39. The highest BCUT2D eigenvalue weighted by molar-refractivity contribution is 5.82. The summed E-state index contributed by atoms with van der Waals surface area (Å²) in [5, 5.41) is 9.56. The van der Waals surface area contributed by atoms with Crippen LogP contribution in [0.1, 0.15) is 43.5 Å². The summed E-state index contributed by atoms with van der Waals surface area (Å²) >= 11 is 0. The van der Waals surface area contributed by atoms with Gasteiger partial charge in [0.2, 0.25) is 0 Å². The summed E-state index contributed by atoms with van der Waals surface area (Å²) < 4.78 is 18.8. The van der Waals surface area contributed by atoms with E-state index in [2.05, 4.69) is 33.7 Å². The fourth-order valence-electron chi connectivity index (χ4n) is 4.33. The lowest BCUT2D eigenvalue weighted by atomic mass is 9.82. The van der Waals surface area contributed by atoms with Crippen molar-refractivity contribution in [3.8, 4) is 17.1 Å². The predicted molar refractivity (Wildman–Crippen MR) is 132 cm³/mol. The molecule has 1 aromatic carbocycles. The maximum absolute atomic E-state index is 13.1. The number of aliphatic carboxylic acids is 1. The van der Waals surface area contributed by atoms with E-state index in [1.165, 1.54) is 12.1 Å². The number of pyridine rings is 1. The highest BCUT2D eigenvalue weighted by Gasteiger charge is 2.29. The molecule has 2 aromatic heterocycles. The van der Waals surface area contributed by atoms with Crippen LogP contribution in [0.25, 0.3) is 11.4 Å². The Hall–Kier alpha value is -3.55. The summed E-state index contributed by atoms with van der Waals surface area (Å²) in [5.41, 5.74) is 4.24. The van der Waals surface area contributed by atoms with Gasteiger partial charge >= 0.3 is 5.97 Å². The van der Waals surface area contributed by atoms with Crippen molar-refractivity contribution in [2.75, 3.05) is 24.6 Å². The van der Waals surface area contributed by atoms with Crippen molar-refractivity contribution in [1.82, 2.24) is 15.0 Å². The molecule has 8 heteroatoms. The maximum Gasteiger partial charge on any atom is 0.307 e. The number of halogens is 1. The van der Waals surface area contributed by atoms with Crippen LogP contribution in [0.3, 0.4) is 0 Å². The molecular formula is C27H31FN4O3. The molecule has 0 unspecified atom stereocenters. The topological polar surface area (TPSA) is 88.4 Å². The average molecular weight is 479 g/mol. The van der Waals surface area contributed by atoms with Crippen molar-refractivity contribution in [3.05, 3.63) is 65.5 Å². The molecule has 0 atom stereocenters. The molecule has 1 aliphatic rings. The van der Waals surface area contributed by atoms with E-state index in [1.807, 2.05) is 6.92 Å². The van der Waals surface area contributed by atoms with Crippen molar-refractivity contribution in [1.29, 1.82) is 0 Å². The zero-order valence-electron chi connectivity index (χ0n) is 20.4. The Kier molecular flexibility index (Phi) is 7.28. The molecule has 184 valence electrons. The zero-order valence-corrected chi connectivity index (χ0v) is 20.4. The number of ether oxygens (including phenoxy) is 1. The van der Waals surface area contributed by atoms with E-state index < -0.39 is 5.97 Å². The van der Waals surface area contributed by atoms with Crippen LogP contribution >= 0.6 is 0 Å². The molecule has 35 heavy (non-hydrogen) atoms. The van der Waals surface area contributed by atoms with Gasteiger partial charge in [-0.2, -0.15) is 0 Å². The van der Waals surface area contributed by atoms with Crippen molar-refractivity contribution < 1.29 is 19.0 Å². The van der Waals surface area contributed by atoms with Crippen LogP contribution in [0.15, 0.2) is 42.9 Å². The number of piperidine rings is 1. The van der Waals surface area contributed by atoms with E-state index in [4.69, 9.17) is 4.74 Å². The number of carbonyl (C=O) groups is 1. The van der Waals surface area contributed by atoms with Crippen LogP contribution in [-0.2, 0) is 17.6 Å². The molecule has 4 rings (SSSR count). The number of rotatable bonds is 8. The molecule has 0 spiro atoms. The van der Waals surface area contributed by atoms with E-state index >= 15 is 0 Å². The summed E-state index contributed by atoms with van der Waals surface area (Å²) in [6.07, 6.45) is 7.54. The van der Waals surface area contributed by atoms with E-state index in [0.29, 0.717) is 35.9 Å². The van der Waals surface area contributed by atoms with Gasteiger partial charge < -0.3 is 14.7 Å². The molecule has 7 nitrogen and oxygen atoms in total. The number of aromatic nitrogens is 3. The number of nitrogens with zero attached hydrogens (tertiary/aromatic N) is 4. The van der Waals surface area contributed by atoms with Crippen LogP contribution in [0.4, 0.5) is 10.1 Å². The first-order valence-electron chi connectivity index (χ1n) is 11.9. The molecule has 0 radical (unpaired) electrons. The van der Waals surface area contributed by atoms with Crippen LogP contribution < -0.4 is 9.64 Å². The molecule has 0 saturated carbocycles. The molecule has 3 heterocycles. The van der Waals surface area contributed by atoms with Gasteiger partial charge in [-0.1, -0.05) is 26.0 Å². The smallest absolute Gasteiger partial charge is 0.307 e. The van der Waals surface area contributed by atoms with Gasteiger partial charge in [0.1, 0.15) is 5.82 Å². The Morgan fingerprint density at radius 2 is 1.74 bits per heavy atom. The molecule has 1 saturated heterocycles. The van der Waals surface area contributed by atoms with Gasteiger partial charge in [0, 0.05) is 37.0 Å². The Labute approximate surface area is 205 Å². The first-order chi connectivity index (χ1) is 16.7. The van der Waals surface area contributed by atoms with Crippen LogP contribution in [0.2, 0.25) is 0 Å². The number of hydrogen-bond donors (Lipinski definition) is 1. The molecule has 1 N–H and O–H groups in total. The summed E-state index contributed by atoms with van der Waals surface area (Å²) in [4.78, 5) is 27.4. The summed E-state index contributed by atoms with van der Waals surface area (Å²) in [5.74, 6) is -0.141. The number of carboxylic acids is 1. The van der Waals surface area contributed by atoms with Crippen molar-refractivity contribution >= 4 is 11.7 Å². The highest BCUT2D eigenvalue weighted by Crippen LogP contribution is 2.39. The van der Waals surface area contributed by atoms with Crippen molar-refractivity contribution in [3.63, 3.8) is 0 Å². The Morgan fingerprint density at radius 3 is 2.37 bits per heavy atom. The standard InChI is InChI=1S/C27H31FN4O3/c1-18-22(14-24(33)34)25(32-11-9-27(2,3)10-12-32)23(17-29-18)26-30-15-21(16-31-26)35-13-8-19-4-6-20(28)7-5-19/h4-7,15-17H,8-14H2,1-3H3,(H,33,34). The summed E-state index contributed by atoms with van der Waals surface area (Å²) in [7, 11) is 0. The molecule has 0 amide bonds. The van der Waals surface area contributed by atoms with Gasteiger partial charge in [-0.05, 0) is 42.9 Å². The minimum Gasteiger partial charge on any atom is -0.490 e. The monoisotopic (exact) mass is 478 g/mol. The van der Waals surface area contributed by atoms with E-state index in [1.54, 1.807) is 30.7 Å². The fraction of sp³-hybridized carbons (Fsp3) is 0.407. The van der Waals surface area contributed by atoms with Crippen molar-refractivity contribution in [2.45, 2.75) is 46.5 Å². The number of benzene rings is 1. The predicted octanol–water partition coefficient (Wildman–Crippen LogP) is 4.86. The lowest BCUT2D eigenvalue weighted by Crippen LogP contribution is -2.38. The minimum atomic E-state index is -0.892. The van der Waals surface area contributed by atoms with Crippen molar-refractivity contribution in [2.24, 2.45) is 5.41 Å². The van der Waals surface area contributed by atoms with Gasteiger partial charge in [0.05, 0.1) is 36.7 Å². The zero-order chi connectivity index (χ0) is 25.0. The quantitative estimate of drug-likeness (QED) is 0.495. The fourth-order valence-corrected chi connectivity index (χ4v) is 4.33. The normalized spacial score (nSPS) is 15.1. The molecular weight excluding hydrogens is 447 g/mol. The summed E-state index contributed by atoms with van der Waals surface area (Å²) in [6, 6.07) is 6.34. The van der Waals surface area contributed by atoms with Gasteiger partial charge in [-0.15, -0.1) is 0 Å². The third kappa shape index (κ3) is 6.12. The van der Waals surface area contributed by atoms with Crippen LogP contribution in [-0.4, -0.2) is 45.7 Å². The first kappa shape index (κ1) is 24.6. The first-order valence-corrected chi connectivity index (χ1v) is 11.9. The number of aryl methyl sites for hydroxylation is 1. The third-order valence-electron chi connectivity index (χ3n) is 6.57. The van der Waals surface area contributed by atoms with Gasteiger partial charge in [0.25, 0.3) is 0 Å². The minimum absolute atomic E-state index is 0.105. The molecule has 0 bridgehead atoms. The van der Waals surface area contributed by atoms with E-state index in [9.17, 15) is 14.3 Å². The van der Waals surface area contributed by atoms with Crippen LogP contribution in [0.5, 0.6) is 5.75 Å². The molecule has 3 aromatic rings. The number of hydrogen-bond acceptors (Lipinski definition) is 6. The average Bonchev–Trinajstić information content (AvgIpc) is 2.82. The Balaban J connectivity index is 1.56. The molecule has 1 fully saturated rings. The number of anilines is 1. The number of carboxylic acid groups (broad SMARTS) is 1. The highest BCUT2D eigenvalue weighted by atomic mass is 19.1. The largest absolute Gasteiger partial charge is 0.490 e. The second-order valence-electron chi connectivity index (χ2n) is 9.77. The third-order valence-corrected chi connectivity index (χ3v) is 6.57. The SMILES string of the molecule is Cc1ncc(-c2ncc(OCCc3ccc(F)cc3)cn2)c(N2CCC(C)(C)CC2)c1CC(=O)O.